The first-order valence-corrected chi connectivity index (χ1v) is 4.38. The van der Waals surface area contributed by atoms with Crippen LogP contribution >= 0.6 is 0 Å². The third-order valence-electron chi connectivity index (χ3n) is 1.30. The van der Waals surface area contributed by atoms with Crippen LogP contribution in [0.5, 0.6) is 0 Å². The van der Waals surface area contributed by atoms with Crippen molar-refractivity contribution >= 4 is 0 Å². The molecule has 9 heteroatoms. The van der Waals surface area contributed by atoms with E-state index in [9.17, 15) is 35.1 Å². The Morgan fingerprint density at radius 3 is 1.29 bits per heavy atom. The maximum Gasteiger partial charge on any atom is 0.460 e. The van der Waals surface area contributed by atoms with E-state index in [4.69, 9.17) is 0 Å². The first-order valence-electron chi connectivity index (χ1n) is 4.38. The molecule has 0 aliphatic rings. The lowest BCUT2D eigenvalue weighted by Crippen LogP contribution is -2.37. The predicted octanol–water partition coefficient (Wildman–Crippen LogP) is 3.88. The first-order chi connectivity index (χ1) is 7.52. The van der Waals surface area contributed by atoms with Gasteiger partial charge in [0.05, 0.1) is 0 Å². The van der Waals surface area contributed by atoms with E-state index in [1.165, 1.54) is 0 Å². The number of alkyl halides is 5. The van der Waals surface area contributed by atoms with E-state index in [0.29, 0.717) is 0 Å². The van der Waals surface area contributed by atoms with Crippen LogP contribution in [0.1, 0.15) is 13.8 Å². The molecule has 0 rings (SSSR count). The molecule has 0 amide bonds. The molecule has 0 atom stereocenters. The van der Waals surface area contributed by atoms with Crippen molar-refractivity contribution in [3.63, 3.8) is 0 Å². The minimum Gasteiger partial charge on any atom is -0.317 e. The summed E-state index contributed by atoms with van der Waals surface area (Å²) >= 11 is 0. The molecule has 0 saturated heterocycles. The summed E-state index contributed by atoms with van der Waals surface area (Å²) in [5.74, 6) is -9.89. The molecule has 104 valence electrons. The fourth-order valence-corrected chi connectivity index (χ4v) is 0.493. The molecule has 0 aromatic rings. The maximum atomic E-state index is 11.5. The third-order valence-corrected chi connectivity index (χ3v) is 1.30. The summed E-state index contributed by atoms with van der Waals surface area (Å²) in [5, 5.41) is 3.11. The zero-order valence-electron chi connectivity index (χ0n) is 8.94. The van der Waals surface area contributed by atoms with Gasteiger partial charge in [-0.05, 0) is 13.1 Å². The van der Waals surface area contributed by atoms with Crippen molar-refractivity contribution < 1.29 is 35.1 Å². The van der Waals surface area contributed by atoms with E-state index in [1.807, 2.05) is 0 Å². The SMILES string of the molecule is CCNCC.FC(F)=C(F)C(F)(F)C(F)(F)F. The average Bonchev–Trinajstić information content (AvgIpc) is 2.16. The molecule has 1 nitrogen and oxygen atoms in total. The molecule has 0 radical (unpaired) electrons. The van der Waals surface area contributed by atoms with Gasteiger partial charge in [0.1, 0.15) is 0 Å². The van der Waals surface area contributed by atoms with E-state index >= 15 is 0 Å². The summed E-state index contributed by atoms with van der Waals surface area (Å²) in [6, 6.07) is 0. The van der Waals surface area contributed by atoms with Gasteiger partial charge in [-0.25, -0.2) is 0 Å². The van der Waals surface area contributed by atoms with E-state index < -0.39 is 24.0 Å². The van der Waals surface area contributed by atoms with Crippen molar-refractivity contribution in [3.05, 3.63) is 11.9 Å². The lowest BCUT2D eigenvalue weighted by Gasteiger charge is -2.16. The van der Waals surface area contributed by atoms with Crippen LogP contribution in [-0.2, 0) is 0 Å². The highest BCUT2D eigenvalue weighted by Crippen LogP contribution is 2.43. The zero-order valence-corrected chi connectivity index (χ0v) is 8.94. The van der Waals surface area contributed by atoms with Crippen LogP contribution in [0, 0.1) is 0 Å². The van der Waals surface area contributed by atoms with Crippen molar-refractivity contribution in [1.29, 1.82) is 0 Å². The average molecular weight is 273 g/mol. The third kappa shape index (κ3) is 6.44. The molecular formula is C8H11F8N. The molecule has 17 heavy (non-hydrogen) atoms. The largest absolute Gasteiger partial charge is 0.460 e. The molecule has 0 unspecified atom stereocenters. The molecule has 0 heterocycles. The van der Waals surface area contributed by atoms with Crippen LogP contribution < -0.4 is 5.32 Å². The van der Waals surface area contributed by atoms with Crippen LogP contribution in [0.2, 0.25) is 0 Å². The summed E-state index contributed by atoms with van der Waals surface area (Å²) < 4.78 is 89.8. The Bertz CT molecular complexity index is 238. The van der Waals surface area contributed by atoms with Gasteiger partial charge in [-0.3, -0.25) is 0 Å². The van der Waals surface area contributed by atoms with Crippen LogP contribution in [0.25, 0.3) is 0 Å². The van der Waals surface area contributed by atoms with Crippen molar-refractivity contribution in [3.8, 4) is 0 Å². The fourth-order valence-electron chi connectivity index (χ4n) is 0.493. The number of rotatable bonds is 3. The Morgan fingerprint density at radius 2 is 1.24 bits per heavy atom. The highest BCUT2D eigenvalue weighted by Gasteiger charge is 2.62. The van der Waals surface area contributed by atoms with Gasteiger partial charge in [0.25, 0.3) is 0 Å². The fraction of sp³-hybridized carbons (Fsp3) is 0.750. The first kappa shape index (κ1) is 18.5. The molecule has 0 aliphatic carbocycles. The van der Waals surface area contributed by atoms with Gasteiger partial charge in [-0.2, -0.15) is 35.1 Å². The number of hydrogen-bond donors (Lipinski definition) is 1. The Hall–Kier alpha value is -0.860. The second-order valence-corrected chi connectivity index (χ2v) is 2.60. The molecule has 0 aromatic heterocycles. The lowest BCUT2D eigenvalue weighted by atomic mass is 10.3. The Labute approximate surface area is 92.5 Å². The van der Waals surface area contributed by atoms with Crippen LogP contribution in [0.4, 0.5) is 35.1 Å². The molecule has 0 fully saturated rings. The van der Waals surface area contributed by atoms with E-state index in [2.05, 4.69) is 19.2 Å². The van der Waals surface area contributed by atoms with Crippen LogP contribution in [-0.4, -0.2) is 25.2 Å². The molecule has 0 saturated carbocycles. The van der Waals surface area contributed by atoms with Gasteiger partial charge in [-0.15, -0.1) is 0 Å². The van der Waals surface area contributed by atoms with Gasteiger partial charge in [0.2, 0.25) is 5.83 Å². The molecule has 0 aliphatic heterocycles. The molecule has 0 bridgehead atoms. The smallest absolute Gasteiger partial charge is 0.317 e. The normalized spacial score (nSPS) is 11.6. The maximum absolute atomic E-state index is 11.5. The monoisotopic (exact) mass is 273 g/mol. The minimum atomic E-state index is -6.35. The number of halogens is 8. The van der Waals surface area contributed by atoms with Gasteiger partial charge in [-0.1, -0.05) is 13.8 Å². The van der Waals surface area contributed by atoms with Crippen molar-refractivity contribution in [1.82, 2.24) is 5.32 Å². The van der Waals surface area contributed by atoms with Gasteiger partial charge in [0.15, 0.2) is 0 Å². The molecule has 1 N–H and O–H groups in total. The molecule has 0 spiro atoms. The Balaban J connectivity index is 0. The summed E-state index contributed by atoms with van der Waals surface area (Å²) in [7, 11) is 0. The van der Waals surface area contributed by atoms with Gasteiger partial charge < -0.3 is 5.32 Å². The van der Waals surface area contributed by atoms with Crippen LogP contribution in [0.3, 0.4) is 0 Å². The van der Waals surface area contributed by atoms with E-state index in [-0.39, 0.29) is 0 Å². The minimum absolute atomic E-state index is 1.09. The second-order valence-electron chi connectivity index (χ2n) is 2.60. The highest BCUT2D eigenvalue weighted by molar-refractivity contribution is 5.08. The van der Waals surface area contributed by atoms with Crippen molar-refractivity contribution in [2.75, 3.05) is 13.1 Å². The summed E-state index contributed by atoms with van der Waals surface area (Å²) in [4.78, 5) is 0. The molecule has 0 aromatic carbocycles. The standard InChI is InChI=1S/C4F8.C4H11N/c5-1(2(6)7)3(8,9)4(10,11)12;1-3-5-4-2/h;5H,3-4H2,1-2H3. The number of hydrogen-bond acceptors (Lipinski definition) is 1. The summed E-state index contributed by atoms with van der Waals surface area (Å²) in [5.41, 5.74) is 0. The molecular weight excluding hydrogens is 262 g/mol. The van der Waals surface area contributed by atoms with E-state index in [0.717, 1.165) is 13.1 Å². The van der Waals surface area contributed by atoms with Crippen molar-refractivity contribution in [2.45, 2.75) is 25.9 Å². The Morgan fingerprint density at radius 1 is 0.882 bits per heavy atom. The van der Waals surface area contributed by atoms with Gasteiger partial charge in [0, 0.05) is 0 Å². The van der Waals surface area contributed by atoms with Gasteiger partial charge >= 0.3 is 18.2 Å². The van der Waals surface area contributed by atoms with Crippen LogP contribution in [0.15, 0.2) is 11.9 Å². The summed E-state index contributed by atoms with van der Waals surface area (Å²) in [6.07, 6.45) is -10.0. The Kier molecular flexibility index (Phi) is 8.12. The zero-order chi connectivity index (χ0) is 14.3. The second kappa shape index (κ2) is 7.46. The predicted molar refractivity (Wildman–Crippen MR) is 45.6 cm³/mol. The van der Waals surface area contributed by atoms with E-state index in [1.54, 1.807) is 0 Å². The number of nitrogens with one attached hydrogen (secondary N) is 1. The summed E-state index contributed by atoms with van der Waals surface area (Å²) in [6.45, 7) is 6.39. The highest BCUT2D eigenvalue weighted by atomic mass is 19.4. The quantitative estimate of drug-likeness (QED) is 0.769. The number of allylic oxidation sites excluding steroid dienone is 1. The lowest BCUT2D eigenvalue weighted by molar-refractivity contribution is -0.271. The topological polar surface area (TPSA) is 12.0 Å². The van der Waals surface area contributed by atoms with Crippen molar-refractivity contribution in [2.24, 2.45) is 0 Å².